The molecule has 0 N–H and O–H groups in total. The van der Waals surface area contributed by atoms with Crippen molar-refractivity contribution in [1.82, 2.24) is 4.98 Å². The van der Waals surface area contributed by atoms with Gasteiger partial charge in [-0.2, -0.15) is 0 Å². The number of anilines is 1. The van der Waals surface area contributed by atoms with Crippen molar-refractivity contribution in [2.45, 2.75) is 13.5 Å². The molecule has 6 heteroatoms. The van der Waals surface area contributed by atoms with Crippen LogP contribution in [0.1, 0.15) is 20.2 Å². The molecular weight excluding hydrogens is 267 g/mol. The van der Waals surface area contributed by atoms with Gasteiger partial charge in [0.05, 0.1) is 22.8 Å². The van der Waals surface area contributed by atoms with Gasteiger partial charge >= 0.3 is 0 Å². The Bertz CT molecular complexity index is 696. The van der Waals surface area contributed by atoms with Gasteiger partial charge < -0.3 is 0 Å². The van der Waals surface area contributed by atoms with Gasteiger partial charge in [-0.15, -0.1) is 11.3 Å². The van der Waals surface area contributed by atoms with Crippen molar-refractivity contribution in [3.63, 3.8) is 0 Å². The van der Waals surface area contributed by atoms with E-state index in [1.54, 1.807) is 6.20 Å². The Labute approximate surface area is 112 Å². The van der Waals surface area contributed by atoms with E-state index in [0.29, 0.717) is 5.69 Å². The smallest absolute Gasteiger partial charge is 0.299 e. The van der Waals surface area contributed by atoms with Crippen LogP contribution in [-0.4, -0.2) is 16.7 Å². The van der Waals surface area contributed by atoms with Gasteiger partial charge in [-0.05, 0) is 25.1 Å². The molecule has 1 aromatic carbocycles. The number of carbonyl (C=O) groups is 2. The van der Waals surface area contributed by atoms with Gasteiger partial charge in [-0.25, -0.2) is 9.37 Å². The van der Waals surface area contributed by atoms with Gasteiger partial charge in [0.25, 0.3) is 11.7 Å². The number of carbonyl (C=O) groups excluding carboxylic acids is 2. The maximum absolute atomic E-state index is 13.3. The number of ketones is 1. The van der Waals surface area contributed by atoms with Crippen LogP contribution in [0.2, 0.25) is 0 Å². The van der Waals surface area contributed by atoms with E-state index < -0.39 is 17.5 Å². The number of benzene rings is 1. The average Bonchev–Trinajstić information content (AvgIpc) is 2.88. The van der Waals surface area contributed by atoms with Gasteiger partial charge in [0.2, 0.25) is 0 Å². The maximum atomic E-state index is 13.3. The number of nitrogens with zero attached hydrogens (tertiary/aromatic N) is 2. The van der Waals surface area contributed by atoms with Gasteiger partial charge in [-0.1, -0.05) is 0 Å². The molecule has 0 fully saturated rings. The summed E-state index contributed by atoms with van der Waals surface area (Å²) in [5, 5.41) is 0.882. The summed E-state index contributed by atoms with van der Waals surface area (Å²) in [5.74, 6) is -1.67. The first-order chi connectivity index (χ1) is 9.06. The second-order valence-corrected chi connectivity index (χ2v) is 5.55. The van der Waals surface area contributed by atoms with Crippen molar-refractivity contribution in [3.05, 3.63) is 45.7 Å². The number of hydrogen-bond acceptors (Lipinski definition) is 4. The molecule has 3 rings (SSSR count). The predicted molar refractivity (Wildman–Crippen MR) is 68.8 cm³/mol. The molecule has 1 amide bonds. The number of Topliss-reactive ketones (excluding diaryl/α,β-unsaturated/α-hetero) is 1. The quantitative estimate of drug-likeness (QED) is 0.791. The summed E-state index contributed by atoms with van der Waals surface area (Å²) in [6.45, 7) is 2.10. The SMILES string of the molecule is Cc1ncc(CN2C(=O)C(=O)c3ccc(F)cc32)s1. The highest BCUT2D eigenvalue weighted by Crippen LogP contribution is 2.31. The van der Waals surface area contributed by atoms with E-state index >= 15 is 0 Å². The summed E-state index contributed by atoms with van der Waals surface area (Å²) >= 11 is 1.45. The van der Waals surface area contributed by atoms with Crippen LogP contribution in [0.25, 0.3) is 0 Å². The van der Waals surface area contributed by atoms with Crippen molar-refractivity contribution >= 4 is 28.7 Å². The summed E-state index contributed by atoms with van der Waals surface area (Å²) in [4.78, 5) is 30.0. The van der Waals surface area contributed by atoms with Crippen LogP contribution in [0.5, 0.6) is 0 Å². The first-order valence-corrected chi connectivity index (χ1v) is 6.45. The second-order valence-electron chi connectivity index (χ2n) is 4.23. The van der Waals surface area contributed by atoms with Crippen LogP contribution < -0.4 is 4.90 Å². The summed E-state index contributed by atoms with van der Waals surface area (Å²) in [7, 11) is 0. The van der Waals surface area contributed by atoms with E-state index in [1.807, 2.05) is 6.92 Å². The van der Waals surface area contributed by atoms with Crippen LogP contribution in [-0.2, 0) is 11.3 Å². The Morgan fingerprint density at radius 3 is 2.84 bits per heavy atom. The molecule has 0 unspecified atom stereocenters. The molecule has 0 aliphatic carbocycles. The third-order valence-electron chi connectivity index (χ3n) is 2.92. The first kappa shape index (κ1) is 12.0. The summed E-state index contributed by atoms with van der Waals surface area (Å²) < 4.78 is 13.3. The molecule has 1 aliphatic heterocycles. The fourth-order valence-electron chi connectivity index (χ4n) is 2.06. The van der Waals surface area contributed by atoms with Gasteiger partial charge in [0, 0.05) is 11.1 Å². The van der Waals surface area contributed by atoms with E-state index in [4.69, 9.17) is 0 Å². The molecule has 1 aliphatic rings. The van der Waals surface area contributed by atoms with Crippen molar-refractivity contribution in [1.29, 1.82) is 0 Å². The fourth-order valence-corrected chi connectivity index (χ4v) is 2.84. The maximum Gasteiger partial charge on any atom is 0.299 e. The Morgan fingerprint density at radius 1 is 1.37 bits per heavy atom. The summed E-state index contributed by atoms with van der Waals surface area (Å²) in [5.41, 5.74) is 0.591. The normalized spacial score (nSPS) is 14.1. The minimum Gasteiger partial charge on any atom is -0.299 e. The number of amides is 1. The topological polar surface area (TPSA) is 50.3 Å². The lowest BCUT2D eigenvalue weighted by Gasteiger charge is -2.14. The van der Waals surface area contributed by atoms with Crippen LogP contribution in [0.3, 0.4) is 0 Å². The zero-order valence-corrected chi connectivity index (χ0v) is 10.8. The number of thiazole rings is 1. The molecule has 0 spiro atoms. The highest BCUT2D eigenvalue weighted by molar-refractivity contribution is 7.11. The molecule has 2 aromatic rings. The monoisotopic (exact) mass is 276 g/mol. The molecule has 96 valence electrons. The van der Waals surface area contributed by atoms with E-state index in [-0.39, 0.29) is 12.1 Å². The Balaban J connectivity index is 2.01. The lowest BCUT2D eigenvalue weighted by atomic mass is 10.1. The number of hydrogen-bond donors (Lipinski definition) is 0. The number of aryl methyl sites for hydroxylation is 1. The third kappa shape index (κ3) is 1.94. The zero-order chi connectivity index (χ0) is 13.6. The standard InChI is InChI=1S/C13H9FN2O2S/c1-7-15-5-9(19-7)6-16-11-4-8(14)2-3-10(11)12(17)13(16)18/h2-5H,6H2,1H3. The zero-order valence-electron chi connectivity index (χ0n) is 10.0. The van der Waals surface area contributed by atoms with Crippen LogP contribution in [0, 0.1) is 12.7 Å². The van der Waals surface area contributed by atoms with E-state index in [0.717, 1.165) is 9.88 Å². The van der Waals surface area contributed by atoms with Gasteiger partial charge in [0.15, 0.2) is 0 Å². The summed E-state index contributed by atoms with van der Waals surface area (Å²) in [6, 6.07) is 3.75. The van der Waals surface area contributed by atoms with Crippen molar-refractivity contribution in [2.75, 3.05) is 4.90 Å². The molecular formula is C13H9FN2O2S. The Morgan fingerprint density at radius 2 is 2.16 bits per heavy atom. The Hall–Kier alpha value is -2.08. The lowest BCUT2D eigenvalue weighted by Crippen LogP contribution is -2.28. The number of rotatable bonds is 2. The lowest BCUT2D eigenvalue weighted by molar-refractivity contribution is -0.114. The van der Waals surface area contributed by atoms with Crippen molar-refractivity contribution < 1.29 is 14.0 Å². The fraction of sp³-hybridized carbons (Fsp3) is 0.154. The average molecular weight is 276 g/mol. The van der Waals surface area contributed by atoms with Crippen LogP contribution >= 0.6 is 11.3 Å². The van der Waals surface area contributed by atoms with E-state index in [1.165, 1.54) is 34.4 Å². The molecule has 1 aromatic heterocycles. The first-order valence-electron chi connectivity index (χ1n) is 5.63. The minimum atomic E-state index is -0.619. The van der Waals surface area contributed by atoms with Crippen LogP contribution in [0.4, 0.5) is 10.1 Å². The molecule has 0 saturated carbocycles. The van der Waals surface area contributed by atoms with Crippen LogP contribution in [0.15, 0.2) is 24.4 Å². The Kier molecular flexibility index (Phi) is 2.67. The molecule has 0 bridgehead atoms. The van der Waals surface area contributed by atoms with Crippen molar-refractivity contribution in [3.8, 4) is 0 Å². The number of aromatic nitrogens is 1. The third-order valence-corrected chi connectivity index (χ3v) is 3.82. The molecule has 0 atom stereocenters. The van der Waals surface area contributed by atoms with Gasteiger partial charge in [0.1, 0.15) is 5.82 Å². The minimum absolute atomic E-state index is 0.243. The highest BCUT2D eigenvalue weighted by Gasteiger charge is 2.36. The molecule has 19 heavy (non-hydrogen) atoms. The molecule has 0 radical (unpaired) electrons. The van der Waals surface area contributed by atoms with Gasteiger partial charge in [-0.3, -0.25) is 14.5 Å². The van der Waals surface area contributed by atoms with Crippen molar-refractivity contribution in [2.24, 2.45) is 0 Å². The molecule has 0 saturated heterocycles. The number of fused-ring (bicyclic) bond motifs is 1. The summed E-state index contributed by atoms with van der Waals surface area (Å²) in [6.07, 6.45) is 1.66. The predicted octanol–water partition coefficient (Wildman–Crippen LogP) is 2.32. The van der Waals surface area contributed by atoms with E-state index in [2.05, 4.69) is 4.98 Å². The molecule has 2 heterocycles. The second kappa shape index (κ2) is 4.24. The molecule has 4 nitrogen and oxygen atoms in total. The largest absolute Gasteiger partial charge is 0.299 e. The van der Waals surface area contributed by atoms with E-state index in [9.17, 15) is 14.0 Å². The highest BCUT2D eigenvalue weighted by atomic mass is 32.1. The number of halogens is 1.